The van der Waals surface area contributed by atoms with E-state index < -0.39 is 35.2 Å². The number of nitrogens with one attached hydrogen (secondary N) is 2. The standard InChI is InChI=1S/C29H37N3O4/c1-9-21-15-17-23(18-16-21)24(25(33)30-19-22-13-11-10-12-14-22)32(28(3,4)5)26(34)20(2)31-27(35)36-29(6,7)8/h1,10-18,20,24H,19H2,2-8H3,(H,30,33)(H,31,35). The minimum Gasteiger partial charge on any atom is -0.444 e. The van der Waals surface area contributed by atoms with Crippen molar-refractivity contribution >= 4 is 17.9 Å². The number of nitrogens with zero attached hydrogens (tertiary/aromatic N) is 1. The Bertz CT molecular complexity index is 1090. The van der Waals surface area contributed by atoms with Crippen LogP contribution in [0.15, 0.2) is 54.6 Å². The predicted molar refractivity (Wildman–Crippen MR) is 141 cm³/mol. The van der Waals surface area contributed by atoms with E-state index in [4.69, 9.17) is 11.2 Å². The Hall–Kier alpha value is -3.79. The lowest BCUT2D eigenvalue weighted by Crippen LogP contribution is -2.57. The van der Waals surface area contributed by atoms with Crippen molar-refractivity contribution in [3.8, 4) is 12.3 Å². The number of rotatable bonds is 7. The van der Waals surface area contributed by atoms with Crippen molar-refractivity contribution in [1.29, 1.82) is 0 Å². The second-order valence-electron chi connectivity index (χ2n) is 10.6. The molecule has 0 aliphatic rings. The van der Waals surface area contributed by atoms with E-state index in [1.807, 2.05) is 51.1 Å². The molecular formula is C29H37N3O4. The SMILES string of the molecule is C#Cc1ccc(C(C(=O)NCc2ccccc2)N(C(=O)C(C)NC(=O)OC(C)(C)C)C(C)(C)C)cc1. The van der Waals surface area contributed by atoms with E-state index in [1.54, 1.807) is 52.0 Å². The Kier molecular flexibility index (Phi) is 9.29. The summed E-state index contributed by atoms with van der Waals surface area (Å²) in [5, 5.41) is 5.56. The minimum atomic E-state index is -0.962. The van der Waals surface area contributed by atoms with E-state index in [9.17, 15) is 14.4 Å². The van der Waals surface area contributed by atoms with Gasteiger partial charge in [0.25, 0.3) is 0 Å². The van der Waals surface area contributed by atoms with E-state index in [0.717, 1.165) is 5.56 Å². The summed E-state index contributed by atoms with van der Waals surface area (Å²) in [5.74, 6) is 1.80. The largest absolute Gasteiger partial charge is 0.444 e. The predicted octanol–water partition coefficient (Wildman–Crippen LogP) is 4.57. The van der Waals surface area contributed by atoms with Crippen LogP contribution in [0.5, 0.6) is 0 Å². The third-order valence-electron chi connectivity index (χ3n) is 5.27. The number of carbonyl (C=O) groups is 3. The molecule has 7 heteroatoms. The summed E-state index contributed by atoms with van der Waals surface area (Å²) in [6.07, 6.45) is 4.80. The van der Waals surface area contributed by atoms with Gasteiger partial charge in [-0.25, -0.2) is 4.79 Å². The molecule has 0 aromatic heterocycles. The van der Waals surface area contributed by atoms with Gasteiger partial charge >= 0.3 is 6.09 Å². The Morgan fingerprint density at radius 2 is 1.56 bits per heavy atom. The van der Waals surface area contributed by atoms with Crippen LogP contribution in [0.1, 0.15) is 71.2 Å². The van der Waals surface area contributed by atoms with Gasteiger partial charge in [-0.2, -0.15) is 0 Å². The van der Waals surface area contributed by atoms with E-state index in [2.05, 4.69) is 16.6 Å². The molecule has 2 unspecified atom stereocenters. The smallest absolute Gasteiger partial charge is 0.408 e. The number of carbonyl (C=O) groups excluding carboxylic acids is 3. The van der Waals surface area contributed by atoms with Crippen LogP contribution in [-0.4, -0.2) is 40.0 Å². The van der Waals surface area contributed by atoms with Gasteiger partial charge < -0.3 is 20.3 Å². The molecule has 0 spiro atoms. The van der Waals surface area contributed by atoms with Crippen molar-refractivity contribution in [3.05, 3.63) is 71.3 Å². The van der Waals surface area contributed by atoms with Gasteiger partial charge in [0.05, 0.1) is 0 Å². The molecule has 2 atom stereocenters. The van der Waals surface area contributed by atoms with Gasteiger partial charge in [0, 0.05) is 17.6 Å². The normalized spacial score (nSPS) is 13.1. The van der Waals surface area contributed by atoms with Crippen molar-refractivity contribution in [2.45, 2.75) is 78.2 Å². The highest BCUT2D eigenvalue weighted by Crippen LogP contribution is 2.30. The molecule has 0 bridgehead atoms. The van der Waals surface area contributed by atoms with E-state index in [1.165, 1.54) is 4.90 Å². The fourth-order valence-electron chi connectivity index (χ4n) is 3.66. The third-order valence-corrected chi connectivity index (χ3v) is 5.27. The van der Waals surface area contributed by atoms with Crippen LogP contribution in [0.4, 0.5) is 4.79 Å². The zero-order valence-corrected chi connectivity index (χ0v) is 22.2. The molecule has 2 rings (SSSR count). The molecule has 0 saturated carbocycles. The molecule has 3 amide bonds. The second kappa shape index (κ2) is 11.8. The number of hydrogen-bond donors (Lipinski definition) is 2. The van der Waals surface area contributed by atoms with Crippen LogP contribution in [0, 0.1) is 12.3 Å². The maximum absolute atomic E-state index is 13.8. The topological polar surface area (TPSA) is 87.7 Å². The third kappa shape index (κ3) is 8.16. The Morgan fingerprint density at radius 1 is 0.972 bits per heavy atom. The quantitative estimate of drug-likeness (QED) is 0.556. The molecule has 36 heavy (non-hydrogen) atoms. The number of ether oxygens (including phenoxy) is 1. The maximum Gasteiger partial charge on any atom is 0.408 e. The van der Waals surface area contributed by atoms with Crippen molar-refractivity contribution in [2.75, 3.05) is 0 Å². The summed E-state index contributed by atoms with van der Waals surface area (Å²) >= 11 is 0. The first-order valence-corrected chi connectivity index (χ1v) is 11.9. The van der Waals surface area contributed by atoms with Gasteiger partial charge in [0.2, 0.25) is 11.8 Å². The molecule has 192 valence electrons. The molecule has 7 nitrogen and oxygen atoms in total. The van der Waals surface area contributed by atoms with Crippen LogP contribution < -0.4 is 10.6 Å². The lowest BCUT2D eigenvalue weighted by molar-refractivity contribution is -0.148. The van der Waals surface area contributed by atoms with Crippen LogP contribution >= 0.6 is 0 Å². The first kappa shape index (κ1) is 28.4. The molecule has 2 aromatic carbocycles. The molecular weight excluding hydrogens is 454 g/mol. The van der Waals surface area contributed by atoms with Crippen LogP contribution in [0.3, 0.4) is 0 Å². The van der Waals surface area contributed by atoms with Gasteiger partial charge in [0.15, 0.2) is 0 Å². The Balaban J connectivity index is 2.42. The van der Waals surface area contributed by atoms with Gasteiger partial charge in [-0.15, -0.1) is 6.42 Å². The Morgan fingerprint density at radius 3 is 2.06 bits per heavy atom. The van der Waals surface area contributed by atoms with Crippen molar-refractivity contribution in [1.82, 2.24) is 15.5 Å². The average molecular weight is 492 g/mol. The van der Waals surface area contributed by atoms with Crippen molar-refractivity contribution in [2.24, 2.45) is 0 Å². The highest BCUT2D eigenvalue weighted by molar-refractivity contribution is 5.92. The van der Waals surface area contributed by atoms with Gasteiger partial charge in [-0.05, 0) is 71.7 Å². The molecule has 0 saturated heterocycles. The summed E-state index contributed by atoms with van der Waals surface area (Å²) in [6, 6.07) is 14.6. The highest BCUT2D eigenvalue weighted by atomic mass is 16.6. The summed E-state index contributed by atoms with van der Waals surface area (Å²) in [7, 11) is 0. The van der Waals surface area contributed by atoms with Gasteiger partial charge in [-0.1, -0.05) is 48.4 Å². The summed E-state index contributed by atoms with van der Waals surface area (Å²) in [6.45, 7) is 12.6. The number of hydrogen-bond acceptors (Lipinski definition) is 4. The van der Waals surface area contributed by atoms with E-state index in [0.29, 0.717) is 17.7 Å². The maximum atomic E-state index is 13.8. The average Bonchev–Trinajstić information content (AvgIpc) is 2.79. The summed E-state index contributed by atoms with van der Waals surface area (Å²) in [5.41, 5.74) is 0.722. The van der Waals surface area contributed by atoms with E-state index >= 15 is 0 Å². The molecule has 0 heterocycles. The van der Waals surface area contributed by atoms with Crippen LogP contribution in [0.2, 0.25) is 0 Å². The number of amides is 3. The first-order chi connectivity index (χ1) is 16.7. The number of alkyl carbamates (subject to hydrolysis) is 1. The lowest BCUT2D eigenvalue weighted by atomic mass is 9.95. The van der Waals surface area contributed by atoms with Crippen molar-refractivity contribution < 1.29 is 19.1 Å². The summed E-state index contributed by atoms with van der Waals surface area (Å²) < 4.78 is 5.31. The summed E-state index contributed by atoms with van der Waals surface area (Å²) in [4.78, 5) is 41.2. The van der Waals surface area contributed by atoms with Gasteiger partial charge in [0.1, 0.15) is 17.7 Å². The van der Waals surface area contributed by atoms with Crippen molar-refractivity contribution in [3.63, 3.8) is 0 Å². The molecule has 0 aliphatic heterocycles. The number of terminal acetylenes is 1. The molecule has 0 fully saturated rings. The molecule has 2 N–H and O–H groups in total. The molecule has 0 radical (unpaired) electrons. The fraction of sp³-hybridized carbons (Fsp3) is 0.414. The minimum absolute atomic E-state index is 0.302. The monoisotopic (exact) mass is 491 g/mol. The lowest BCUT2D eigenvalue weighted by Gasteiger charge is -2.42. The molecule has 0 aliphatic carbocycles. The van der Waals surface area contributed by atoms with Gasteiger partial charge in [-0.3, -0.25) is 9.59 Å². The second-order valence-corrected chi connectivity index (χ2v) is 10.6. The Labute approximate surface area is 214 Å². The zero-order chi connectivity index (χ0) is 27.1. The zero-order valence-electron chi connectivity index (χ0n) is 22.2. The fourth-order valence-corrected chi connectivity index (χ4v) is 3.66. The number of benzene rings is 2. The molecule has 2 aromatic rings. The van der Waals surface area contributed by atoms with Crippen LogP contribution in [-0.2, 0) is 20.9 Å². The van der Waals surface area contributed by atoms with E-state index in [-0.39, 0.29) is 5.91 Å². The first-order valence-electron chi connectivity index (χ1n) is 11.9. The highest BCUT2D eigenvalue weighted by Gasteiger charge is 2.40. The van der Waals surface area contributed by atoms with Crippen LogP contribution in [0.25, 0.3) is 0 Å².